The molecule has 180 valence electrons. The second-order valence-corrected chi connectivity index (χ2v) is 6.51. The molecule has 0 bridgehead atoms. The van der Waals surface area contributed by atoms with E-state index >= 15 is 0 Å². The standard InChI is InChI=1S/C16H25N5O11/c17-6(3-10(18)23)13(28)19-7(1-2-11(24)25)14(29)20-8(4-12(26)27)15(30)21-9(5-22)16(31)32/h6-9,22H,1-5,17H2,(H2,18,23)(H,19,28)(H,20,29)(H,21,30)(H,24,25)(H,26,27)(H,31,32). The van der Waals surface area contributed by atoms with Gasteiger partial charge >= 0.3 is 17.9 Å². The summed E-state index contributed by atoms with van der Waals surface area (Å²) in [6.45, 7) is -1.02. The highest BCUT2D eigenvalue weighted by Crippen LogP contribution is 2.03. The van der Waals surface area contributed by atoms with Gasteiger partial charge in [-0.15, -0.1) is 0 Å². The van der Waals surface area contributed by atoms with Crippen LogP contribution in [0.1, 0.15) is 25.7 Å². The number of aliphatic hydroxyl groups is 1. The van der Waals surface area contributed by atoms with E-state index in [4.69, 9.17) is 31.9 Å². The lowest BCUT2D eigenvalue weighted by Gasteiger charge is -2.24. The van der Waals surface area contributed by atoms with Gasteiger partial charge in [-0.2, -0.15) is 0 Å². The van der Waals surface area contributed by atoms with E-state index in [1.54, 1.807) is 0 Å². The highest BCUT2D eigenvalue weighted by atomic mass is 16.4. The number of aliphatic carboxylic acids is 3. The fraction of sp³-hybridized carbons (Fsp3) is 0.562. The second-order valence-electron chi connectivity index (χ2n) is 6.51. The smallest absolute Gasteiger partial charge is 0.328 e. The van der Waals surface area contributed by atoms with Crippen molar-refractivity contribution >= 4 is 41.5 Å². The second kappa shape index (κ2) is 13.5. The summed E-state index contributed by atoms with van der Waals surface area (Å²) in [5, 5.41) is 41.5. The monoisotopic (exact) mass is 463 g/mol. The third-order valence-corrected chi connectivity index (χ3v) is 3.85. The number of hydrogen-bond acceptors (Lipinski definition) is 9. The molecule has 0 aliphatic carbocycles. The first kappa shape index (κ1) is 28.2. The Balaban J connectivity index is 5.51. The topological polar surface area (TPSA) is 289 Å². The van der Waals surface area contributed by atoms with Crippen LogP contribution in [0.2, 0.25) is 0 Å². The van der Waals surface area contributed by atoms with Crippen LogP contribution in [0, 0.1) is 0 Å². The van der Waals surface area contributed by atoms with Crippen LogP contribution in [-0.4, -0.2) is 92.7 Å². The summed E-state index contributed by atoms with van der Waals surface area (Å²) in [4.78, 5) is 80.5. The molecule has 4 unspecified atom stereocenters. The molecule has 0 aliphatic heterocycles. The van der Waals surface area contributed by atoms with E-state index < -0.39 is 98.0 Å². The molecule has 32 heavy (non-hydrogen) atoms. The zero-order valence-electron chi connectivity index (χ0n) is 16.6. The van der Waals surface area contributed by atoms with Gasteiger partial charge in [-0.25, -0.2) is 4.79 Å². The van der Waals surface area contributed by atoms with Crippen molar-refractivity contribution in [3.05, 3.63) is 0 Å². The molecule has 0 aromatic heterocycles. The molecule has 0 heterocycles. The zero-order valence-corrected chi connectivity index (χ0v) is 16.6. The Labute approximate surface area is 180 Å². The first-order valence-electron chi connectivity index (χ1n) is 9.00. The van der Waals surface area contributed by atoms with Crippen LogP contribution in [-0.2, 0) is 33.6 Å². The fourth-order valence-corrected chi connectivity index (χ4v) is 2.24. The van der Waals surface area contributed by atoms with Crippen LogP contribution in [0.25, 0.3) is 0 Å². The molecular weight excluding hydrogens is 438 g/mol. The lowest BCUT2D eigenvalue weighted by Crippen LogP contribution is -2.58. The Morgan fingerprint density at radius 3 is 1.66 bits per heavy atom. The van der Waals surface area contributed by atoms with Crippen LogP contribution in [0.4, 0.5) is 0 Å². The molecule has 0 spiro atoms. The number of carboxylic acid groups (broad SMARTS) is 3. The molecule has 0 aromatic rings. The Morgan fingerprint density at radius 2 is 1.22 bits per heavy atom. The highest BCUT2D eigenvalue weighted by Gasteiger charge is 2.31. The minimum Gasteiger partial charge on any atom is -0.481 e. The molecule has 0 saturated heterocycles. The summed E-state index contributed by atoms with van der Waals surface area (Å²) < 4.78 is 0. The number of primary amides is 1. The van der Waals surface area contributed by atoms with Crippen LogP contribution in [0.3, 0.4) is 0 Å². The predicted molar refractivity (Wildman–Crippen MR) is 101 cm³/mol. The lowest BCUT2D eigenvalue weighted by molar-refractivity contribution is -0.144. The van der Waals surface area contributed by atoms with E-state index in [1.807, 2.05) is 10.6 Å². The highest BCUT2D eigenvalue weighted by molar-refractivity contribution is 5.96. The molecule has 16 heteroatoms. The molecule has 0 radical (unpaired) electrons. The number of carboxylic acids is 3. The van der Waals surface area contributed by atoms with Crippen LogP contribution >= 0.6 is 0 Å². The van der Waals surface area contributed by atoms with Gasteiger partial charge in [-0.05, 0) is 6.42 Å². The summed E-state index contributed by atoms with van der Waals surface area (Å²) >= 11 is 0. The Hall–Kier alpha value is -3.79. The molecule has 4 atom stereocenters. The van der Waals surface area contributed by atoms with Crippen molar-refractivity contribution in [2.24, 2.45) is 11.5 Å². The molecule has 16 nitrogen and oxygen atoms in total. The summed E-state index contributed by atoms with van der Waals surface area (Å²) in [6, 6.07) is -6.69. The minimum atomic E-state index is -1.84. The van der Waals surface area contributed by atoms with Gasteiger partial charge in [0.2, 0.25) is 23.6 Å². The number of carbonyl (C=O) groups is 7. The van der Waals surface area contributed by atoms with E-state index in [0.717, 1.165) is 0 Å². The minimum absolute atomic E-state index is 0.494. The molecule has 4 amide bonds. The molecular formula is C16H25N5O11. The lowest BCUT2D eigenvalue weighted by atomic mass is 10.1. The van der Waals surface area contributed by atoms with Gasteiger partial charge in [0, 0.05) is 6.42 Å². The summed E-state index contributed by atoms with van der Waals surface area (Å²) in [7, 11) is 0. The van der Waals surface area contributed by atoms with E-state index in [0.29, 0.717) is 0 Å². The van der Waals surface area contributed by atoms with Crippen molar-refractivity contribution in [2.45, 2.75) is 49.9 Å². The van der Waals surface area contributed by atoms with Gasteiger partial charge in [-0.1, -0.05) is 0 Å². The van der Waals surface area contributed by atoms with Crippen LogP contribution < -0.4 is 27.4 Å². The molecule has 0 rings (SSSR count). The van der Waals surface area contributed by atoms with E-state index in [2.05, 4.69) is 5.32 Å². The number of carbonyl (C=O) groups excluding carboxylic acids is 4. The number of nitrogens with two attached hydrogens (primary N) is 2. The number of nitrogens with one attached hydrogen (secondary N) is 3. The Bertz CT molecular complexity index is 757. The maximum absolute atomic E-state index is 12.5. The zero-order chi connectivity index (χ0) is 25.0. The van der Waals surface area contributed by atoms with Crippen molar-refractivity contribution in [1.29, 1.82) is 0 Å². The summed E-state index contributed by atoms with van der Waals surface area (Å²) in [5.41, 5.74) is 10.4. The van der Waals surface area contributed by atoms with Crippen molar-refractivity contribution < 1.29 is 54.0 Å². The molecule has 0 aliphatic rings. The van der Waals surface area contributed by atoms with Gasteiger partial charge in [0.05, 0.1) is 25.5 Å². The number of hydrogen-bond donors (Lipinski definition) is 9. The molecule has 0 fully saturated rings. The van der Waals surface area contributed by atoms with Crippen molar-refractivity contribution in [3.63, 3.8) is 0 Å². The maximum atomic E-state index is 12.5. The largest absolute Gasteiger partial charge is 0.481 e. The van der Waals surface area contributed by atoms with Crippen molar-refractivity contribution in [3.8, 4) is 0 Å². The molecule has 11 N–H and O–H groups in total. The Morgan fingerprint density at radius 1 is 0.719 bits per heavy atom. The summed E-state index contributed by atoms with van der Waals surface area (Å²) in [5.74, 6) is -8.94. The quantitative estimate of drug-likeness (QED) is 0.110. The average Bonchev–Trinajstić information content (AvgIpc) is 2.66. The van der Waals surface area contributed by atoms with Gasteiger partial charge < -0.3 is 47.8 Å². The van der Waals surface area contributed by atoms with E-state index in [-0.39, 0.29) is 0 Å². The number of rotatable bonds is 15. The Kier molecular flexibility index (Phi) is 11.9. The molecule has 0 aromatic carbocycles. The third-order valence-electron chi connectivity index (χ3n) is 3.85. The number of amides is 4. The van der Waals surface area contributed by atoms with Gasteiger partial charge in [-0.3, -0.25) is 28.8 Å². The summed E-state index contributed by atoms with van der Waals surface area (Å²) in [6.07, 6.45) is -2.70. The normalized spacial score (nSPS) is 14.2. The van der Waals surface area contributed by atoms with Gasteiger partial charge in [0.25, 0.3) is 0 Å². The first-order valence-corrected chi connectivity index (χ1v) is 9.00. The average molecular weight is 463 g/mol. The van der Waals surface area contributed by atoms with Gasteiger partial charge in [0.15, 0.2) is 0 Å². The van der Waals surface area contributed by atoms with E-state index in [1.165, 1.54) is 0 Å². The predicted octanol–water partition coefficient (Wildman–Crippen LogP) is -4.94. The van der Waals surface area contributed by atoms with Crippen molar-refractivity contribution in [1.82, 2.24) is 16.0 Å². The SMILES string of the molecule is NC(=O)CC(N)C(=O)NC(CCC(=O)O)C(=O)NC(CC(=O)O)C(=O)NC(CO)C(=O)O. The maximum Gasteiger partial charge on any atom is 0.328 e. The van der Waals surface area contributed by atoms with Gasteiger partial charge in [0.1, 0.15) is 18.1 Å². The van der Waals surface area contributed by atoms with E-state index in [9.17, 15) is 33.6 Å². The van der Waals surface area contributed by atoms with Crippen LogP contribution in [0.5, 0.6) is 0 Å². The third kappa shape index (κ3) is 10.8. The fourth-order valence-electron chi connectivity index (χ4n) is 2.24. The first-order chi connectivity index (χ1) is 14.8. The molecule has 0 saturated carbocycles. The van der Waals surface area contributed by atoms with Crippen molar-refractivity contribution in [2.75, 3.05) is 6.61 Å². The van der Waals surface area contributed by atoms with Crippen LogP contribution in [0.15, 0.2) is 0 Å². The number of aliphatic hydroxyl groups excluding tert-OH is 1.